The predicted octanol–water partition coefficient (Wildman–Crippen LogP) is 2.03. The lowest BCUT2D eigenvalue weighted by Crippen LogP contribution is -2.53. The summed E-state index contributed by atoms with van der Waals surface area (Å²) in [6.45, 7) is 3.98. The second-order valence-corrected chi connectivity index (χ2v) is 13.9. The van der Waals surface area contributed by atoms with E-state index in [1.165, 1.54) is 13.8 Å². The van der Waals surface area contributed by atoms with E-state index in [0.717, 1.165) is 6.20 Å². The molecule has 18 heteroatoms. The van der Waals surface area contributed by atoms with Crippen LogP contribution in [0.5, 0.6) is 0 Å². The van der Waals surface area contributed by atoms with Crippen LogP contribution < -0.4 is 10.2 Å². The van der Waals surface area contributed by atoms with Crippen LogP contribution in [-0.4, -0.2) is 95.1 Å². The number of nitrogens with zero attached hydrogens (tertiary/aromatic N) is 1. The smallest absolute Gasteiger partial charge is 0.323 e. The van der Waals surface area contributed by atoms with Gasteiger partial charge in [0, 0.05) is 6.20 Å². The molecule has 2 aliphatic heterocycles. The Morgan fingerprint density at radius 1 is 1.15 bits per heavy atom. The molecule has 0 aromatic heterocycles. The minimum atomic E-state index is -3.86. The van der Waals surface area contributed by atoms with Gasteiger partial charge >= 0.3 is 11.9 Å². The molecule has 0 spiro atoms. The standard InChI is InChI=1S/C23H34ClF3N3O9PS/c1-10(2)37-20(34)12(5)28-40(41,29-13(6)21(35)38-11(3)4)36-9-23(22(26)27)18(33)17(25)19(39-23)30-8-14(24)15(31)7-16(30)32/h8,10-13,17-19,22,33H,7,9H2,1-6H3,(H2,28,29,41)/t12-,13-,17+,18-,19+,23+/m0/s1. The number of ether oxygens (including phenoxy) is 3. The van der Waals surface area contributed by atoms with Gasteiger partial charge in [-0.05, 0) is 53.3 Å². The molecule has 6 atom stereocenters. The van der Waals surface area contributed by atoms with E-state index in [9.17, 15) is 33.1 Å². The first-order valence-electron chi connectivity index (χ1n) is 12.5. The summed E-state index contributed by atoms with van der Waals surface area (Å²) in [6.07, 6.45) is -11.8. The molecule has 3 N–H and O–H groups in total. The molecule has 2 rings (SSSR count). The van der Waals surface area contributed by atoms with Gasteiger partial charge in [0.25, 0.3) is 6.43 Å². The Morgan fingerprint density at radius 3 is 2.07 bits per heavy atom. The van der Waals surface area contributed by atoms with Gasteiger partial charge in [-0.3, -0.25) is 24.1 Å². The Labute approximate surface area is 245 Å². The fourth-order valence-electron chi connectivity index (χ4n) is 3.74. The summed E-state index contributed by atoms with van der Waals surface area (Å²) in [7, 11) is 0. The monoisotopic (exact) mass is 651 g/mol. The Balaban J connectivity index is 2.37. The Morgan fingerprint density at radius 2 is 1.63 bits per heavy atom. The van der Waals surface area contributed by atoms with Gasteiger partial charge in [0.1, 0.15) is 23.2 Å². The molecule has 0 bridgehead atoms. The van der Waals surface area contributed by atoms with E-state index in [0.29, 0.717) is 4.90 Å². The molecular weight excluding hydrogens is 618 g/mol. The third kappa shape index (κ3) is 8.69. The minimum absolute atomic E-state index is 0.464. The zero-order valence-electron chi connectivity index (χ0n) is 23.1. The van der Waals surface area contributed by atoms with Crippen LogP contribution in [0.25, 0.3) is 0 Å². The maximum absolute atomic E-state index is 15.2. The third-order valence-electron chi connectivity index (χ3n) is 5.79. The predicted molar refractivity (Wildman–Crippen MR) is 143 cm³/mol. The summed E-state index contributed by atoms with van der Waals surface area (Å²) in [6, 6.07) is -2.34. The molecule has 0 radical (unpaired) electrons. The van der Waals surface area contributed by atoms with Crippen molar-refractivity contribution in [1.82, 2.24) is 15.1 Å². The van der Waals surface area contributed by atoms with Gasteiger partial charge in [-0.15, -0.1) is 0 Å². The summed E-state index contributed by atoms with van der Waals surface area (Å²) in [4.78, 5) is 49.4. The highest BCUT2D eigenvalue weighted by atomic mass is 35.5. The van der Waals surface area contributed by atoms with Gasteiger partial charge < -0.3 is 23.8 Å². The first kappa shape index (κ1) is 35.5. The highest BCUT2D eigenvalue weighted by molar-refractivity contribution is 8.10. The lowest BCUT2D eigenvalue weighted by atomic mass is 9.97. The zero-order chi connectivity index (χ0) is 31.4. The molecule has 0 aliphatic carbocycles. The molecule has 12 nitrogen and oxygen atoms in total. The van der Waals surface area contributed by atoms with Crippen LogP contribution in [-0.2, 0) is 49.7 Å². The molecule has 1 fully saturated rings. The zero-order valence-corrected chi connectivity index (χ0v) is 25.6. The van der Waals surface area contributed by atoms with E-state index in [1.54, 1.807) is 27.7 Å². The van der Waals surface area contributed by atoms with E-state index in [4.69, 9.17) is 42.1 Å². The number of halogens is 4. The van der Waals surface area contributed by atoms with Crippen molar-refractivity contribution in [1.29, 1.82) is 0 Å². The summed E-state index contributed by atoms with van der Waals surface area (Å²) in [5, 5.41) is 15.4. The number of aliphatic hydroxyl groups excluding tert-OH is 1. The number of esters is 2. The van der Waals surface area contributed by atoms with Crippen LogP contribution in [0, 0.1) is 0 Å². The van der Waals surface area contributed by atoms with Gasteiger partial charge in [-0.2, -0.15) is 0 Å². The first-order chi connectivity index (χ1) is 18.8. The van der Waals surface area contributed by atoms with Crippen LogP contribution in [0.1, 0.15) is 48.0 Å². The van der Waals surface area contributed by atoms with E-state index in [-0.39, 0.29) is 0 Å². The maximum Gasteiger partial charge on any atom is 0.323 e. The van der Waals surface area contributed by atoms with Crippen LogP contribution in [0.15, 0.2) is 11.2 Å². The Hall–Kier alpha value is -1.65. The lowest BCUT2D eigenvalue weighted by Gasteiger charge is -2.36. The molecule has 2 heterocycles. The summed E-state index contributed by atoms with van der Waals surface area (Å²) in [5.41, 5.74) is -3.07. The summed E-state index contributed by atoms with van der Waals surface area (Å²) >= 11 is 11.3. The second-order valence-electron chi connectivity index (χ2n) is 10.0. The number of Topliss-reactive ketones (excluding diaryl/α,β-unsaturated/α-hetero) is 1. The minimum Gasteiger partial charge on any atom is -0.462 e. The fourth-order valence-corrected chi connectivity index (χ4v) is 6.86. The number of nitrogens with one attached hydrogen (secondary N) is 2. The van der Waals surface area contributed by atoms with E-state index in [1.807, 2.05) is 0 Å². The Kier molecular flexibility index (Phi) is 12.3. The Bertz CT molecular complexity index is 1070. The van der Waals surface area contributed by atoms with E-state index >= 15 is 4.39 Å². The number of amides is 1. The normalized spacial score (nSPS) is 26.9. The molecule has 1 amide bonds. The number of rotatable bonds is 13. The highest BCUT2D eigenvalue weighted by Gasteiger charge is 2.63. The van der Waals surface area contributed by atoms with Crippen molar-refractivity contribution >= 4 is 53.6 Å². The van der Waals surface area contributed by atoms with Crippen molar-refractivity contribution in [3.63, 3.8) is 0 Å². The maximum atomic E-state index is 15.2. The topological polar surface area (TPSA) is 153 Å². The van der Waals surface area contributed by atoms with E-state index < -0.39 is 103 Å². The van der Waals surface area contributed by atoms with Crippen molar-refractivity contribution in [3.8, 4) is 0 Å². The molecule has 2 aliphatic rings. The van der Waals surface area contributed by atoms with Crippen molar-refractivity contribution in [2.75, 3.05) is 6.61 Å². The van der Waals surface area contributed by atoms with Crippen molar-refractivity contribution < 1.29 is 56.2 Å². The molecular formula is C23H34ClF3N3O9PS. The van der Waals surface area contributed by atoms with Gasteiger partial charge in [-0.25, -0.2) is 23.3 Å². The molecule has 0 aromatic rings. The average molecular weight is 652 g/mol. The van der Waals surface area contributed by atoms with Gasteiger partial charge in [0.05, 0.1) is 25.2 Å². The largest absolute Gasteiger partial charge is 0.462 e. The van der Waals surface area contributed by atoms with Crippen LogP contribution in [0.3, 0.4) is 0 Å². The van der Waals surface area contributed by atoms with Gasteiger partial charge in [0.15, 0.2) is 30.4 Å². The fraction of sp³-hybridized carbons (Fsp3) is 0.739. The van der Waals surface area contributed by atoms with Crippen molar-refractivity contribution in [2.45, 2.75) is 103 Å². The van der Waals surface area contributed by atoms with Gasteiger partial charge in [0.2, 0.25) is 5.91 Å². The highest BCUT2D eigenvalue weighted by Crippen LogP contribution is 2.46. The SMILES string of the molecule is CC(C)OC(=O)[C@H](C)NP(=S)(N[C@@H](C)C(=O)OC(C)C)OC[C@@]1(C(F)F)O[C@@H](N2C=C(Cl)C(=O)CC2=O)[C@H](F)[C@@H]1O. The molecule has 0 unspecified atom stereocenters. The number of alkyl halides is 3. The number of ketones is 1. The molecule has 0 aromatic carbocycles. The third-order valence-corrected chi connectivity index (χ3v) is 8.99. The molecule has 1 saturated heterocycles. The van der Waals surface area contributed by atoms with E-state index in [2.05, 4.69) is 10.2 Å². The average Bonchev–Trinajstić information content (AvgIpc) is 3.10. The summed E-state index contributed by atoms with van der Waals surface area (Å²) < 4.78 is 65.3. The number of aliphatic hydroxyl groups is 1. The van der Waals surface area contributed by atoms with Crippen LogP contribution in [0.4, 0.5) is 13.2 Å². The molecule has 234 valence electrons. The molecule has 41 heavy (non-hydrogen) atoms. The summed E-state index contributed by atoms with van der Waals surface area (Å²) in [5.74, 6) is -3.31. The number of hydrogen-bond acceptors (Lipinski definition) is 10. The van der Waals surface area contributed by atoms with Gasteiger partial charge in [-0.1, -0.05) is 11.6 Å². The quantitative estimate of drug-likeness (QED) is 0.152. The second kappa shape index (κ2) is 14.2. The molecule has 0 saturated carbocycles. The lowest BCUT2D eigenvalue weighted by molar-refractivity contribution is -0.198. The van der Waals surface area contributed by atoms with Crippen molar-refractivity contribution in [3.05, 3.63) is 11.2 Å². The van der Waals surface area contributed by atoms with Crippen LogP contribution in [0.2, 0.25) is 0 Å². The number of allylic oxidation sites excluding steroid dienone is 1. The number of carbonyl (C=O) groups is 4. The van der Waals surface area contributed by atoms with Crippen LogP contribution >= 0.6 is 18.2 Å². The number of carbonyl (C=O) groups excluding carboxylic acids is 4. The van der Waals surface area contributed by atoms with Crippen molar-refractivity contribution in [2.24, 2.45) is 0 Å². The number of hydrogen-bond donors (Lipinski definition) is 3. The first-order valence-corrected chi connectivity index (χ1v) is 15.6.